The van der Waals surface area contributed by atoms with Crippen molar-refractivity contribution in [2.24, 2.45) is 7.05 Å². The first-order valence-electron chi connectivity index (χ1n) is 5.60. The molecule has 1 amide bonds. The van der Waals surface area contributed by atoms with Crippen LogP contribution in [0.1, 0.15) is 10.5 Å². The molecule has 0 unspecified atom stereocenters. The lowest BCUT2D eigenvalue weighted by Gasteiger charge is -2.04. The number of hydrogen-bond acceptors (Lipinski definition) is 5. The molecule has 2 aromatic rings. The van der Waals surface area contributed by atoms with E-state index < -0.39 is 0 Å². The molecule has 0 radical (unpaired) electrons. The molecule has 0 fully saturated rings. The third-order valence-corrected chi connectivity index (χ3v) is 3.36. The third kappa shape index (κ3) is 3.68. The monoisotopic (exact) mass is 279 g/mol. The summed E-state index contributed by atoms with van der Waals surface area (Å²) in [6.07, 6.45) is 5.97. The van der Waals surface area contributed by atoms with Gasteiger partial charge in [-0.05, 0) is 0 Å². The minimum atomic E-state index is -0.332. The summed E-state index contributed by atoms with van der Waals surface area (Å²) in [4.78, 5) is 32.8. The number of thioether (sulfide) groups is 1. The SMILES string of the molecule is Cn1ccnc1SCCNC(=O)c1c[nH]c(=O)cn1. The number of aromatic amines is 1. The van der Waals surface area contributed by atoms with Gasteiger partial charge in [0.1, 0.15) is 5.69 Å². The summed E-state index contributed by atoms with van der Waals surface area (Å²) in [7, 11) is 1.91. The van der Waals surface area contributed by atoms with Crippen molar-refractivity contribution < 1.29 is 4.79 Å². The summed E-state index contributed by atoms with van der Waals surface area (Å²) in [5.41, 5.74) is -0.136. The Labute approximate surface area is 113 Å². The average molecular weight is 279 g/mol. The van der Waals surface area contributed by atoms with E-state index >= 15 is 0 Å². The molecular weight excluding hydrogens is 266 g/mol. The largest absolute Gasteiger partial charge is 0.350 e. The van der Waals surface area contributed by atoms with Crippen LogP contribution in [0.25, 0.3) is 0 Å². The molecule has 19 heavy (non-hydrogen) atoms. The van der Waals surface area contributed by atoms with Crippen LogP contribution in [0.15, 0.2) is 34.7 Å². The Morgan fingerprint density at radius 3 is 3.00 bits per heavy atom. The summed E-state index contributed by atoms with van der Waals surface area (Å²) in [6.45, 7) is 0.497. The van der Waals surface area contributed by atoms with Gasteiger partial charge in [0.25, 0.3) is 11.5 Å². The number of imidazole rings is 1. The number of hydrogen-bond donors (Lipinski definition) is 2. The zero-order valence-electron chi connectivity index (χ0n) is 10.3. The number of rotatable bonds is 5. The molecule has 2 aromatic heterocycles. The summed E-state index contributed by atoms with van der Waals surface area (Å²) in [6, 6.07) is 0. The minimum absolute atomic E-state index is 0.196. The third-order valence-electron chi connectivity index (χ3n) is 2.30. The van der Waals surface area contributed by atoms with Gasteiger partial charge < -0.3 is 14.9 Å². The maximum atomic E-state index is 11.7. The standard InChI is InChI=1S/C11H13N5O2S/c1-16-4-2-13-11(16)19-5-3-12-10(18)8-6-15-9(17)7-14-8/h2,4,6-7H,3,5H2,1H3,(H,12,18)(H,15,17). The van der Waals surface area contributed by atoms with Crippen LogP contribution in [0.4, 0.5) is 0 Å². The first-order chi connectivity index (χ1) is 9.16. The Bertz CT molecular complexity index is 601. The van der Waals surface area contributed by atoms with Crippen molar-refractivity contribution in [1.29, 1.82) is 0 Å². The summed E-state index contributed by atoms with van der Waals surface area (Å²) < 4.78 is 1.91. The first-order valence-corrected chi connectivity index (χ1v) is 6.58. The predicted octanol–water partition coefficient (Wildman–Crippen LogP) is 0.0255. The second kappa shape index (κ2) is 6.19. The van der Waals surface area contributed by atoms with Crippen LogP contribution in [-0.4, -0.2) is 37.7 Å². The number of amides is 1. The van der Waals surface area contributed by atoms with E-state index in [-0.39, 0.29) is 17.2 Å². The van der Waals surface area contributed by atoms with E-state index in [1.165, 1.54) is 6.20 Å². The number of nitrogens with zero attached hydrogens (tertiary/aromatic N) is 3. The quantitative estimate of drug-likeness (QED) is 0.595. The Hall–Kier alpha value is -2.09. The average Bonchev–Trinajstić information content (AvgIpc) is 2.81. The van der Waals surface area contributed by atoms with Crippen LogP contribution >= 0.6 is 11.8 Å². The zero-order valence-corrected chi connectivity index (χ0v) is 11.1. The topological polar surface area (TPSA) is 92.7 Å². The highest BCUT2D eigenvalue weighted by Crippen LogP contribution is 2.12. The fourth-order valence-corrected chi connectivity index (χ4v) is 2.14. The van der Waals surface area contributed by atoms with Crippen molar-refractivity contribution in [3.05, 3.63) is 40.8 Å². The van der Waals surface area contributed by atoms with E-state index in [4.69, 9.17) is 0 Å². The highest BCUT2D eigenvalue weighted by atomic mass is 32.2. The summed E-state index contributed by atoms with van der Waals surface area (Å²) in [5.74, 6) is 0.400. The molecule has 0 atom stereocenters. The molecule has 0 saturated carbocycles. The molecule has 2 heterocycles. The molecule has 0 aliphatic carbocycles. The number of aromatic nitrogens is 4. The fraction of sp³-hybridized carbons (Fsp3) is 0.273. The summed E-state index contributed by atoms with van der Waals surface area (Å²) >= 11 is 1.55. The van der Waals surface area contributed by atoms with Gasteiger partial charge in [0.2, 0.25) is 0 Å². The maximum absolute atomic E-state index is 11.7. The van der Waals surface area contributed by atoms with Crippen LogP contribution in [0.3, 0.4) is 0 Å². The van der Waals surface area contributed by atoms with Crippen LogP contribution in [-0.2, 0) is 7.05 Å². The molecule has 0 spiro atoms. The van der Waals surface area contributed by atoms with Crippen molar-refractivity contribution in [3.63, 3.8) is 0 Å². The van der Waals surface area contributed by atoms with Gasteiger partial charge in [0.05, 0.1) is 6.20 Å². The van der Waals surface area contributed by atoms with Gasteiger partial charge >= 0.3 is 0 Å². The number of nitrogens with one attached hydrogen (secondary N) is 2. The highest BCUT2D eigenvalue weighted by molar-refractivity contribution is 7.99. The molecule has 0 aromatic carbocycles. The fourth-order valence-electron chi connectivity index (χ4n) is 1.35. The van der Waals surface area contributed by atoms with Crippen molar-refractivity contribution in [2.75, 3.05) is 12.3 Å². The van der Waals surface area contributed by atoms with Gasteiger partial charge in [-0.3, -0.25) is 9.59 Å². The molecule has 7 nitrogen and oxygen atoms in total. The van der Waals surface area contributed by atoms with E-state index in [9.17, 15) is 9.59 Å². The van der Waals surface area contributed by atoms with Crippen molar-refractivity contribution in [2.45, 2.75) is 5.16 Å². The van der Waals surface area contributed by atoms with Gasteiger partial charge in [-0.15, -0.1) is 0 Å². The minimum Gasteiger partial charge on any atom is -0.350 e. The molecule has 100 valence electrons. The number of aryl methyl sites for hydroxylation is 1. The molecule has 0 aliphatic rings. The van der Waals surface area contributed by atoms with Gasteiger partial charge in [-0.1, -0.05) is 11.8 Å². The van der Waals surface area contributed by atoms with Crippen molar-refractivity contribution >= 4 is 17.7 Å². The van der Waals surface area contributed by atoms with Crippen molar-refractivity contribution in [1.82, 2.24) is 24.8 Å². The Kier molecular flexibility index (Phi) is 4.35. The van der Waals surface area contributed by atoms with Gasteiger partial charge in [0.15, 0.2) is 5.16 Å². The molecule has 0 bridgehead atoms. The number of H-pyrrole nitrogens is 1. The van der Waals surface area contributed by atoms with Crippen LogP contribution in [0.2, 0.25) is 0 Å². The molecule has 8 heteroatoms. The van der Waals surface area contributed by atoms with Crippen molar-refractivity contribution in [3.8, 4) is 0 Å². The molecule has 0 saturated heterocycles. The maximum Gasteiger partial charge on any atom is 0.271 e. The lowest BCUT2D eigenvalue weighted by molar-refractivity contribution is 0.0950. The lowest BCUT2D eigenvalue weighted by Crippen LogP contribution is -2.27. The Morgan fingerprint density at radius 1 is 1.53 bits per heavy atom. The zero-order chi connectivity index (χ0) is 13.7. The van der Waals surface area contributed by atoms with Crippen LogP contribution in [0, 0.1) is 0 Å². The Morgan fingerprint density at radius 2 is 2.37 bits per heavy atom. The summed E-state index contributed by atoms with van der Waals surface area (Å²) in [5, 5.41) is 3.62. The van der Waals surface area contributed by atoms with Crippen LogP contribution in [0.5, 0.6) is 0 Å². The van der Waals surface area contributed by atoms with E-state index in [0.29, 0.717) is 12.3 Å². The second-order valence-electron chi connectivity index (χ2n) is 3.72. The van der Waals surface area contributed by atoms with Gasteiger partial charge in [-0.2, -0.15) is 0 Å². The van der Waals surface area contributed by atoms with E-state index in [1.54, 1.807) is 18.0 Å². The van der Waals surface area contributed by atoms with Crippen LogP contribution < -0.4 is 10.9 Å². The molecule has 2 rings (SSSR count). The van der Waals surface area contributed by atoms with Gasteiger partial charge in [0, 0.05) is 37.9 Å². The Balaban J connectivity index is 1.77. The van der Waals surface area contributed by atoms with Gasteiger partial charge in [-0.25, -0.2) is 9.97 Å². The number of carbonyl (C=O) groups is 1. The van der Waals surface area contributed by atoms with E-state index in [2.05, 4.69) is 20.3 Å². The number of carbonyl (C=O) groups excluding carboxylic acids is 1. The normalized spacial score (nSPS) is 10.4. The second-order valence-corrected chi connectivity index (χ2v) is 4.78. The van der Waals surface area contributed by atoms with E-state index in [1.807, 2.05) is 17.8 Å². The van der Waals surface area contributed by atoms with E-state index in [0.717, 1.165) is 11.4 Å². The first kappa shape index (κ1) is 13.3. The smallest absolute Gasteiger partial charge is 0.271 e. The lowest BCUT2D eigenvalue weighted by atomic mass is 10.4. The molecular formula is C11H13N5O2S. The molecule has 2 N–H and O–H groups in total. The highest BCUT2D eigenvalue weighted by Gasteiger charge is 2.06. The predicted molar refractivity (Wildman–Crippen MR) is 71.1 cm³/mol. The molecule has 0 aliphatic heterocycles.